The number of carbonyl (C=O) groups is 2. The maximum Gasteiger partial charge on any atom is 0.280 e. The number of nitrogens with one attached hydrogen (secondary N) is 2. The van der Waals surface area contributed by atoms with Crippen LogP contribution >= 0.6 is 11.3 Å². The number of thiazole rings is 1. The van der Waals surface area contributed by atoms with Crippen LogP contribution in [0.15, 0.2) is 12.3 Å². The van der Waals surface area contributed by atoms with Crippen LogP contribution in [0.1, 0.15) is 72.8 Å². The predicted octanol–water partition coefficient (Wildman–Crippen LogP) is 3.47. The van der Waals surface area contributed by atoms with E-state index >= 15 is 0 Å². The van der Waals surface area contributed by atoms with Gasteiger partial charge in [-0.2, -0.15) is 0 Å². The zero-order valence-electron chi connectivity index (χ0n) is 20.7. The number of ether oxygens (including phenoxy) is 1. The lowest BCUT2D eigenvalue weighted by atomic mass is 10.1. The monoisotopic (exact) mass is 523 g/mol. The topological polar surface area (TPSA) is 117 Å². The smallest absolute Gasteiger partial charge is 0.280 e. The van der Waals surface area contributed by atoms with E-state index < -0.39 is 35.9 Å². The average molecular weight is 524 g/mol. The minimum absolute atomic E-state index is 0.0267. The molecule has 12 heteroatoms. The van der Waals surface area contributed by atoms with E-state index in [0.717, 1.165) is 24.2 Å². The second kappa shape index (κ2) is 10.3. The van der Waals surface area contributed by atoms with Crippen molar-refractivity contribution in [2.45, 2.75) is 70.7 Å². The predicted molar refractivity (Wildman–Crippen MR) is 131 cm³/mol. The number of aromatic nitrogens is 2. The molecule has 196 valence electrons. The molecule has 4 heterocycles. The quantitative estimate of drug-likeness (QED) is 0.531. The Labute approximate surface area is 212 Å². The molecule has 0 radical (unpaired) electrons. The number of hydrogen-bond acceptors (Lipinski definition) is 8. The van der Waals surface area contributed by atoms with Crippen LogP contribution in [0, 0.1) is 0 Å². The van der Waals surface area contributed by atoms with Gasteiger partial charge in [0, 0.05) is 35.4 Å². The van der Waals surface area contributed by atoms with Crippen LogP contribution < -0.4 is 10.6 Å². The van der Waals surface area contributed by atoms with Crippen LogP contribution in [-0.2, 0) is 4.74 Å². The summed E-state index contributed by atoms with van der Waals surface area (Å²) in [7, 11) is 0. The van der Waals surface area contributed by atoms with Crippen LogP contribution in [0.4, 0.5) is 14.6 Å². The van der Waals surface area contributed by atoms with Crippen LogP contribution in [0.3, 0.4) is 0 Å². The molecular weight excluding hydrogens is 492 g/mol. The first-order chi connectivity index (χ1) is 16.9. The molecule has 2 fully saturated rings. The summed E-state index contributed by atoms with van der Waals surface area (Å²) in [5.41, 5.74) is -0.705. The number of carbonyl (C=O) groups excluding carboxylic acids is 2. The number of rotatable bonds is 6. The van der Waals surface area contributed by atoms with Crippen molar-refractivity contribution in [3.05, 3.63) is 28.5 Å². The molecule has 0 spiro atoms. The minimum Gasteiger partial charge on any atom is -0.388 e. The average Bonchev–Trinajstić information content (AvgIpc) is 3.52. The first-order valence-electron chi connectivity index (χ1n) is 11.9. The molecule has 9 nitrogen and oxygen atoms in total. The molecule has 2 saturated heterocycles. The van der Waals surface area contributed by atoms with Gasteiger partial charge in [0.2, 0.25) is 0 Å². The summed E-state index contributed by atoms with van der Waals surface area (Å²) >= 11 is 0.857. The van der Waals surface area contributed by atoms with E-state index in [9.17, 15) is 23.5 Å². The molecule has 3 atom stereocenters. The number of halogens is 2. The second-order valence-corrected chi connectivity index (χ2v) is 11.2. The molecule has 0 aromatic carbocycles. The molecule has 2 amide bonds. The molecule has 0 saturated carbocycles. The van der Waals surface area contributed by atoms with Gasteiger partial charge in [0.1, 0.15) is 11.5 Å². The lowest BCUT2D eigenvalue weighted by Crippen LogP contribution is -2.42. The number of nitrogens with zero attached hydrogens (tertiary/aromatic N) is 3. The van der Waals surface area contributed by atoms with Gasteiger partial charge >= 0.3 is 0 Å². The Hall–Kier alpha value is -2.70. The van der Waals surface area contributed by atoms with Gasteiger partial charge in [-0.15, -0.1) is 11.3 Å². The molecule has 36 heavy (non-hydrogen) atoms. The van der Waals surface area contributed by atoms with E-state index in [2.05, 4.69) is 20.6 Å². The summed E-state index contributed by atoms with van der Waals surface area (Å²) < 4.78 is 33.6. The third kappa shape index (κ3) is 5.65. The number of hydrogen-bond donors (Lipinski definition) is 3. The molecule has 2 aliphatic heterocycles. The summed E-state index contributed by atoms with van der Waals surface area (Å²) in [5.74, 6) is -0.742. The summed E-state index contributed by atoms with van der Waals surface area (Å²) in [5, 5.41) is 15.7. The van der Waals surface area contributed by atoms with Crippen molar-refractivity contribution in [2.75, 3.05) is 25.1 Å². The van der Waals surface area contributed by atoms with E-state index in [4.69, 9.17) is 4.74 Å². The number of likely N-dealkylation sites (tertiary alicyclic amines) is 1. The van der Waals surface area contributed by atoms with E-state index in [0.29, 0.717) is 6.54 Å². The van der Waals surface area contributed by atoms with Crippen LogP contribution in [-0.4, -0.2) is 75.3 Å². The van der Waals surface area contributed by atoms with E-state index in [1.165, 1.54) is 12.3 Å². The highest BCUT2D eigenvalue weighted by atomic mass is 32.1. The summed E-state index contributed by atoms with van der Waals surface area (Å²) in [6.45, 7) is 8.35. The number of aliphatic hydroxyl groups is 1. The number of pyridine rings is 1. The molecule has 4 rings (SSSR count). The van der Waals surface area contributed by atoms with Crippen molar-refractivity contribution in [3.63, 3.8) is 0 Å². The standard InChI is InChI=1S/C24H31F2N5O4S/c1-12-6-5-7-31(12)23(34)18-19(36-22(29-18)21(33)28-15-10-35-11-16(15)32)14-9-27-17(30-24(2,3)4)8-13(14)20(25)26/h8-9,12,15-16,20,32H,5-7,10-11H2,1-4H3,(H,27,30)(H,28,33)/t12-,15+,16+/m0/s1. The third-order valence-corrected chi connectivity index (χ3v) is 7.21. The van der Waals surface area contributed by atoms with Gasteiger partial charge in [0.25, 0.3) is 18.2 Å². The zero-order chi connectivity index (χ0) is 26.2. The molecule has 2 aromatic rings. The Morgan fingerprint density at radius 1 is 1.31 bits per heavy atom. The van der Waals surface area contributed by atoms with E-state index in [-0.39, 0.29) is 51.8 Å². The van der Waals surface area contributed by atoms with Gasteiger partial charge in [0.15, 0.2) is 5.01 Å². The lowest BCUT2D eigenvalue weighted by Gasteiger charge is -2.23. The van der Waals surface area contributed by atoms with Crippen molar-refractivity contribution in [1.82, 2.24) is 20.2 Å². The molecule has 3 N–H and O–H groups in total. The molecular formula is C24H31F2N5O4S. The Balaban J connectivity index is 1.76. The lowest BCUT2D eigenvalue weighted by molar-refractivity contribution is 0.0742. The van der Waals surface area contributed by atoms with Gasteiger partial charge in [0.05, 0.1) is 30.2 Å². The Morgan fingerprint density at radius 3 is 2.64 bits per heavy atom. The minimum atomic E-state index is -2.85. The van der Waals surface area contributed by atoms with E-state index in [1.807, 2.05) is 27.7 Å². The number of aliphatic hydroxyl groups excluding tert-OH is 1. The van der Waals surface area contributed by atoms with Crippen molar-refractivity contribution in [1.29, 1.82) is 0 Å². The van der Waals surface area contributed by atoms with Crippen molar-refractivity contribution in [3.8, 4) is 10.4 Å². The Morgan fingerprint density at radius 2 is 2.06 bits per heavy atom. The fourth-order valence-corrected chi connectivity index (χ4v) is 5.31. The maximum atomic E-state index is 14.2. The van der Waals surface area contributed by atoms with Gasteiger partial charge in [-0.1, -0.05) is 0 Å². The van der Waals surface area contributed by atoms with Crippen LogP contribution in [0.5, 0.6) is 0 Å². The summed E-state index contributed by atoms with van der Waals surface area (Å²) in [6.07, 6.45) is -0.755. The fourth-order valence-electron chi connectivity index (χ4n) is 4.32. The largest absolute Gasteiger partial charge is 0.388 e. The highest BCUT2D eigenvalue weighted by Gasteiger charge is 2.34. The van der Waals surface area contributed by atoms with Crippen LogP contribution in [0.2, 0.25) is 0 Å². The highest BCUT2D eigenvalue weighted by Crippen LogP contribution is 2.39. The Bertz CT molecular complexity index is 1140. The van der Waals surface area contributed by atoms with Crippen molar-refractivity contribution in [2.24, 2.45) is 0 Å². The molecule has 2 aliphatic rings. The first-order valence-corrected chi connectivity index (χ1v) is 12.7. The number of anilines is 1. The molecule has 0 bridgehead atoms. The number of alkyl halides is 2. The first kappa shape index (κ1) is 26.4. The zero-order valence-corrected chi connectivity index (χ0v) is 21.5. The normalized spacial score (nSPS) is 22.3. The Kier molecular flexibility index (Phi) is 7.58. The maximum absolute atomic E-state index is 14.2. The van der Waals surface area contributed by atoms with Gasteiger partial charge in [-0.05, 0) is 46.6 Å². The van der Waals surface area contributed by atoms with E-state index in [1.54, 1.807) is 4.90 Å². The molecule has 2 aromatic heterocycles. The highest BCUT2D eigenvalue weighted by molar-refractivity contribution is 7.17. The summed E-state index contributed by atoms with van der Waals surface area (Å²) in [6, 6.07) is 0.619. The fraction of sp³-hybridized carbons (Fsp3) is 0.583. The molecule has 0 aliphatic carbocycles. The van der Waals surface area contributed by atoms with Gasteiger partial charge in [-0.25, -0.2) is 18.7 Å². The summed E-state index contributed by atoms with van der Waals surface area (Å²) in [4.78, 5) is 36.9. The van der Waals surface area contributed by atoms with Gasteiger partial charge in [-0.3, -0.25) is 9.59 Å². The van der Waals surface area contributed by atoms with Crippen LogP contribution in [0.25, 0.3) is 10.4 Å². The third-order valence-electron chi connectivity index (χ3n) is 6.12. The molecule has 0 unspecified atom stereocenters. The van der Waals surface area contributed by atoms with Gasteiger partial charge < -0.3 is 25.4 Å². The van der Waals surface area contributed by atoms with Crippen molar-refractivity contribution >= 4 is 29.0 Å². The number of amides is 2. The second-order valence-electron chi connectivity index (χ2n) is 10.2. The van der Waals surface area contributed by atoms with Crippen molar-refractivity contribution < 1.29 is 28.2 Å². The SMILES string of the molecule is C[C@H]1CCCN1C(=O)c1nc(C(=O)N[C@@H]2COC[C@H]2O)sc1-c1cnc(NC(C)(C)C)cc1C(F)F.